The Kier molecular flexibility index (Phi) is 5.41. The van der Waals surface area contributed by atoms with Gasteiger partial charge in [-0.1, -0.05) is 96.6 Å². The van der Waals surface area contributed by atoms with Gasteiger partial charge in [-0.3, -0.25) is 0 Å². The van der Waals surface area contributed by atoms with Crippen LogP contribution in [0.5, 0.6) is 0 Å². The summed E-state index contributed by atoms with van der Waals surface area (Å²) in [4.78, 5) is 12.7. The standard InChI is InChI=1S/C28H26O2/c1-20(2)18-21-14-15-22-19-28(23-10-6-4-7-11-23,24-12-8-5-9-13-24)17-16-25(22)26(21)27(29)30-3/h4-18H,19H2,1-3H3. The fraction of sp³-hybridized carbons (Fsp3) is 0.179. The summed E-state index contributed by atoms with van der Waals surface area (Å²) in [6, 6.07) is 25.3. The van der Waals surface area contributed by atoms with Crippen LogP contribution in [-0.2, 0) is 16.6 Å². The summed E-state index contributed by atoms with van der Waals surface area (Å²) in [5, 5.41) is 0. The summed E-state index contributed by atoms with van der Waals surface area (Å²) >= 11 is 0. The van der Waals surface area contributed by atoms with Crippen LogP contribution in [0, 0.1) is 0 Å². The van der Waals surface area contributed by atoms with E-state index in [2.05, 4.69) is 66.7 Å². The molecule has 150 valence electrons. The number of methoxy groups -OCH3 is 1. The smallest absolute Gasteiger partial charge is 0.339 e. The van der Waals surface area contributed by atoms with Crippen molar-refractivity contribution in [3.05, 3.63) is 118 Å². The van der Waals surface area contributed by atoms with Crippen molar-refractivity contribution in [1.82, 2.24) is 0 Å². The van der Waals surface area contributed by atoms with Gasteiger partial charge >= 0.3 is 5.97 Å². The van der Waals surface area contributed by atoms with Crippen molar-refractivity contribution < 1.29 is 9.53 Å². The number of benzene rings is 3. The van der Waals surface area contributed by atoms with Gasteiger partial charge in [0, 0.05) is 5.41 Å². The summed E-state index contributed by atoms with van der Waals surface area (Å²) < 4.78 is 5.14. The van der Waals surface area contributed by atoms with E-state index in [1.54, 1.807) is 0 Å². The first-order chi connectivity index (χ1) is 14.5. The Morgan fingerprint density at radius 2 is 1.50 bits per heavy atom. The SMILES string of the molecule is COC(=O)c1c(C=C(C)C)ccc2c1C=CC(c1ccccc1)(c1ccccc1)C2. The molecule has 1 aliphatic rings. The molecule has 2 heteroatoms. The van der Waals surface area contributed by atoms with Crippen molar-refractivity contribution in [2.45, 2.75) is 25.7 Å². The quantitative estimate of drug-likeness (QED) is 0.475. The lowest BCUT2D eigenvalue weighted by atomic mass is 9.67. The van der Waals surface area contributed by atoms with E-state index in [0.717, 1.165) is 28.7 Å². The Morgan fingerprint density at radius 3 is 2.03 bits per heavy atom. The number of hydrogen-bond acceptors (Lipinski definition) is 2. The highest BCUT2D eigenvalue weighted by molar-refractivity contribution is 5.98. The van der Waals surface area contributed by atoms with Gasteiger partial charge in [0.1, 0.15) is 0 Å². The Hall–Kier alpha value is -3.39. The first kappa shape index (κ1) is 19.9. The minimum absolute atomic E-state index is 0.277. The summed E-state index contributed by atoms with van der Waals surface area (Å²) in [7, 11) is 1.44. The lowest BCUT2D eigenvalue weighted by Gasteiger charge is -2.36. The third-order valence-corrected chi connectivity index (χ3v) is 5.78. The molecule has 0 atom stereocenters. The van der Waals surface area contributed by atoms with Crippen LogP contribution in [0.3, 0.4) is 0 Å². The van der Waals surface area contributed by atoms with Crippen molar-refractivity contribution in [3.63, 3.8) is 0 Å². The molecule has 0 bridgehead atoms. The van der Waals surface area contributed by atoms with Gasteiger partial charge in [0.15, 0.2) is 0 Å². The monoisotopic (exact) mass is 394 g/mol. The van der Waals surface area contributed by atoms with Crippen molar-refractivity contribution in [2.75, 3.05) is 7.11 Å². The molecule has 0 saturated heterocycles. The molecule has 30 heavy (non-hydrogen) atoms. The molecule has 0 N–H and O–H groups in total. The highest BCUT2D eigenvalue weighted by Crippen LogP contribution is 2.43. The van der Waals surface area contributed by atoms with Gasteiger partial charge in [0.25, 0.3) is 0 Å². The maximum atomic E-state index is 12.7. The van der Waals surface area contributed by atoms with Crippen molar-refractivity contribution in [2.24, 2.45) is 0 Å². The van der Waals surface area contributed by atoms with Crippen molar-refractivity contribution in [1.29, 1.82) is 0 Å². The molecule has 4 rings (SSSR count). The summed E-state index contributed by atoms with van der Waals surface area (Å²) in [5.74, 6) is -0.295. The molecule has 0 aromatic heterocycles. The van der Waals surface area contributed by atoms with Crippen molar-refractivity contribution in [3.8, 4) is 0 Å². The molecule has 0 aliphatic heterocycles. The lowest BCUT2D eigenvalue weighted by molar-refractivity contribution is 0.0600. The third-order valence-electron chi connectivity index (χ3n) is 5.78. The van der Waals surface area contributed by atoms with Crippen LogP contribution in [0.25, 0.3) is 12.2 Å². The number of fused-ring (bicyclic) bond motifs is 1. The number of carbonyl (C=O) groups is 1. The number of rotatable bonds is 4. The number of carbonyl (C=O) groups excluding carboxylic acids is 1. The van der Waals surface area contributed by atoms with Gasteiger partial charge in [-0.05, 0) is 48.1 Å². The normalized spacial score (nSPS) is 14.0. The Balaban J connectivity index is 1.93. The van der Waals surface area contributed by atoms with Gasteiger partial charge in [-0.15, -0.1) is 0 Å². The van der Waals surface area contributed by atoms with Gasteiger partial charge in [-0.2, -0.15) is 0 Å². The van der Waals surface area contributed by atoms with E-state index in [9.17, 15) is 4.79 Å². The molecular weight excluding hydrogens is 368 g/mol. The first-order valence-corrected chi connectivity index (χ1v) is 10.2. The zero-order valence-electron chi connectivity index (χ0n) is 17.7. The van der Waals surface area contributed by atoms with Gasteiger partial charge in [-0.25, -0.2) is 4.79 Å². The highest BCUT2D eigenvalue weighted by Gasteiger charge is 2.36. The van der Waals surface area contributed by atoms with E-state index in [-0.39, 0.29) is 11.4 Å². The third kappa shape index (κ3) is 3.50. The van der Waals surface area contributed by atoms with E-state index in [0.29, 0.717) is 5.56 Å². The molecule has 3 aromatic rings. The number of ether oxygens (including phenoxy) is 1. The molecular formula is C28H26O2. The van der Waals surface area contributed by atoms with Crippen LogP contribution >= 0.6 is 0 Å². The van der Waals surface area contributed by atoms with Crippen LogP contribution in [0.1, 0.15) is 52.0 Å². The molecule has 3 aromatic carbocycles. The van der Waals surface area contributed by atoms with E-state index in [1.807, 2.05) is 38.1 Å². The zero-order chi connectivity index (χ0) is 21.1. The lowest BCUT2D eigenvalue weighted by Crippen LogP contribution is -2.31. The van der Waals surface area contributed by atoms with Crippen LogP contribution in [-0.4, -0.2) is 13.1 Å². The van der Waals surface area contributed by atoms with E-state index in [1.165, 1.54) is 18.2 Å². The predicted octanol–water partition coefficient (Wildman–Crippen LogP) is 6.45. The fourth-order valence-electron chi connectivity index (χ4n) is 4.40. The maximum absolute atomic E-state index is 12.7. The molecule has 2 nitrogen and oxygen atoms in total. The topological polar surface area (TPSA) is 26.3 Å². The molecule has 0 amide bonds. The first-order valence-electron chi connectivity index (χ1n) is 10.2. The summed E-state index contributed by atoms with van der Waals surface area (Å²) in [6.07, 6.45) is 7.18. The minimum atomic E-state index is -0.295. The van der Waals surface area contributed by atoms with Crippen LogP contribution < -0.4 is 0 Å². The minimum Gasteiger partial charge on any atom is -0.465 e. The van der Waals surface area contributed by atoms with E-state index in [4.69, 9.17) is 4.74 Å². The van der Waals surface area contributed by atoms with Crippen LogP contribution in [0.4, 0.5) is 0 Å². The molecule has 0 radical (unpaired) electrons. The number of esters is 1. The Labute approximate surface area is 178 Å². The van der Waals surface area contributed by atoms with Crippen LogP contribution in [0.15, 0.2) is 84.4 Å². The summed E-state index contributed by atoms with van der Waals surface area (Å²) in [5.41, 5.74) is 7.00. The molecule has 1 aliphatic carbocycles. The second kappa shape index (κ2) is 8.16. The molecule has 0 spiro atoms. The van der Waals surface area contributed by atoms with Gasteiger partial charge in [0.05, 0.1) is 12.7 Å². The molecule has 0 fully saturated rings. The maximum Gasteiger partial charge on any atom is 0.339 e. The van der Waals surface area contributed by atoms with Crippen LogP contribution in [0.2, 0.25) is 0 Å². The highest BCUT2D eigenvalue weighted by atomic mass is 16.5. The second-order valence-electron chi connectivity index (χ2n) is 8.03. The van der Waals surface area contributed by atoms with E-state index < -0.39 is 0 Å². The van der Waals surface area contributed by atoms with Gasteiger partial charge in [0.2, 0.25) is 0 Å². The number of allylic oxidation sites excluding steroid dienone is 2. The molecule has 0 heterocycles. The summed E-state index contributed by atoms with van der Waals surface area (Å²) in [6.45, 7) is 4.07. The van der Waals surface area contributed by atoms with Gasteiger partial charge < -0.3 is 4.74 Å². The molecule has 0 unspecified atom stereocenters. The fourth-order valence-corrected chi connectivity index (χ4v) is 4.40. The average molecular weight is 395 g/mol. The zero-order valence-corrected chi connectivity index (χ0v) is 17.7. The van der Waals surface area contributed by atoms with Crippen molar-refractivity contribution >= 4 is 18.1 Å². The number of hydrogen-bond donors (Lipinski definition) is 0. The predicted molar refractivity (Wildman–Crippen MR) is 124 cm³/mol. The Morgan fingerprint density at radius 1 is 0.900 bits per heavy atom. The molecule has 0 saturated carbocycles. The Bertz CT molecular complexity index is 1080. The second-order valence-corrected chi connectivity index (χ2v) is 8.03. The van der Waals surface area contributed by atoms with E-state index >= 15 is 0 Å². The average Bonchev–Trinajstić information content (AvgIpc) is 2.79. The largest absolute Gasteiger partial charge is 0.465 e.